The van der Waals surface area contributed by atoms with E-state index in [1.165, 1.54) is 25.7 Å². The number of oxime groups is 1. The van der Waals surface area contributed by atoms with E-state index in [1.807, 2.05) is 7.05 Å². The average molecular weight is 275 g/mol. The number of nitrogens with two attached hydrogens (primary N) is 1. The highest BCUT2D eigenvalue weighted by Crippen LogP contribution is 2.48. The van der Waals surface area contributed by atoms with Crippen LogP contribution in [0.1, 0.15) is 31.4 Å². The van der Waals surface area contributed by atoms with Crippen LogP contribution in [0.25, 0.3) is 0 Å². The fourth-order valence-electron chi connectivity index (χ4n) is 3.76. The lowest BCUT2D eigenvalue weighted by Gasteiger charge is -2.27. The number of anilines is 1. The van der Waals surface area contributed by atoms with Gasteiger partial charge in [-0.1, -0.05) is 11.6 Å². The Morgan fingerprint density at radius 1 is 1.50 bits per heavy atom. The number of hydrogen-bond acceptors (Lipinski definition) is 5. The maximum Gasteiger partial charge on any atom is 0.225 e. The third-order valence-corrected chi connectivity index (χ3v) is 4.75. The summed E-state index contributed by atoms with van der Waals surface area (Å²) in [5.41, 5.74) is 6.02. The summed E-state index contributed by atoms with van der Waals surface area (Å²) in [6.07, 6.45) is 7.19. The van der Waals surface area contributed by atoms with Gasteiger partial charge in [-0.15, -0.1) is 0 Å². The zero-order valence-corrected chi connectivity index (χ0v) is 11.7. The second-order valence-electron chi connectivity index (χ2n) is 6.04. The molecule has 2 aliphatic rings. The van der Waals surface area contributed by atoms with E-state index in [2.05, 4.69) is 20.0 Å². The van der Waals surface area contributed by atoms with Crippen LogP contribution in [0, 0.1) is 17.8 Å². The van der Waals surface area contributed by atoms with Gasteiger partial charge in [0, 0.05) is 19.8 Å². The number of amidine groups is 1. The van der Waals surface area contributed by atoms with E-state index in [1.54, 1.807) is 12.3 Å². The van der Waals surface area contributed by atoms with Crippen molar-refractivity contribution in [3.8, 4) is 0 Å². The first-order valence-electron chi connectivity index (χ1n) is 7.19. The standard InChI is InChI=1S/C14H21N5O/c1-19(8-11-7-9-2-3-10(11)6-9)14-16-5-4-12(17-14)13(15)18-20/h4-5,9-11,20H,2-3,6-8H2,1H3,(H2,15,18). The lowest BCUT2D eigenvalue weighted by Crippen LogP contribution is -2.30. The molecular formula is C14H21N5O. The molecule has 108 valence electrons. The molecule has 3 rings (SSSR count). The minimum Gasteiger partial charge on any atom is -0.409 e. The molecule has 0 saturated heterocycles. The van der Waals surface area contributed by atoms with E-state index in [0.29, 0.717) is 11.6 Å². The molecule has 0 aromatic carbocycles. The van der Waals surface area contributed by atoms with Crippen LogP contribution in [0.15, 0.2) is 17.4 Å². The molecule has 6 heteroatoms. The number of fused-ring (bicyclic) bond motifs is 2. The summed E-state index contributed by atoms with van der Waals surface area (Å²) < 4.78 is 0. The topological polar surface area (TPSA) is 87.6 Å². The first-order chi connectivity index (χ1) is 9.67. The van der Waals surface area contributed by atoms with Crippen molar-refractivity contribution in [3.05, 3.63) is 18.0 Å². The summed E-state index contributed by atoms with van der Waals surface area (Å²) in [6.45, 7) is 0.987. The summed E-state index contributed by atoms with van der Waals surface area (Å²) in [6, 6.07) is 1.64. The van der Waals surface area contributed by atoms with Crippen molar-refractivity contribution in [1.82, 2.24) is 9.97 Å². The summed E-state index contributed by atoms with van der Waals surface area (Å²) >= 11 is 0. The van der Waals surface area contributed by atoms with Gasteiger partial charge in [-0.05, 0) is 43.1 Å². The van der Waals surface area contributed by atoms with Crippen LogP contribution < -0.4 is 10.6 Å². The van der Waals surface area contributed by atoms with E-state index < -0.39 is 0 Å². The Labute approximate surface area is 118 Å². The van der Waals surface area contributed by atoms with Crippen LogP contribution in [0.5, 0.6) is 0 Å². The average Bonchev–Trinajstić information content (AvgIpc) is 3.09. The predicted molar refractivity (Wildman–Crippen MR) is 76.8 cm³/mol. The molecule has 3 unspecified atom stereocenters. The van der Waals surface area contributed by atoms with Gasteiger partial charge in [0.25, 0.3) is 0 Å². The van der Waals surface area contributed by atoms with E-state index >= 15 is 0 Å². The van der Waals surface area contributed by atoms with Gasteiger partial charge in [-0.25, -0.2) is 9.97 Å². The first kappa shape index (κ1) is 13.1. The molecule has 0 amide bonds. The molecule has 1 aromatic heterocycles. The Bertz CT molecular complexity index is 518. The lowest BCUT2D eigenvalue weighted by atomic mass is 9.88. The molecule has 0 spiro atoms. The Morgan fingerprint density at radius 2 is 2.35 bits per heavy atom. The number of nitrogens with zero attached hydrogens (tertiary/aromatic N) is 4. The molecule has 2 saturated carbocycles. The van der Waals surface area contributed by atoms with Crippen molar-refractivity contribution < 1.29 is 5.21 Å². The molecule has 1 aromatic rings. The second kappa shape index (κ2) is 5.26. The molecule has 0 aliphatic heterocycles. The monoisotopic (exact) mass is 275 g/mol. The Balaban J connectivity index is 1.69. The van der Waals surface area contributed by atoms with Crippen molar-refractivity contribution in [2.24, 2.45) is 28.6 Å². The SMILES string of the molecule is CN(CC1CC2CCC1C2)c1nccc(/C(N)=N/O)n1. The smallest absolute Gasteiger partial charge is 0.225 e. The van der Waals surface area contributed by atoms with Crippen LogP contribution in [0.2, 0.25) is 0 Å². The van der Waals surface area contributed by atoms with Crippen LogP contribution in [-0.2, 0) is 0 Å². The summed E-state index contributed by atoms with van der Waals surface area (Å²) in [4.78, 5) is 10.7. The van der Waals surface area contributed by atoms with E-state index in [0.717, 1.165) is 24.3 Å². The minimum atomic E-state index is 0.0157. The van der Waals surface area contributed by atoms with Crippen LogP contribution >= 0.6 is 0 Å². The van der Waals surface area contributed by atoms with Crippen molar-refractivity contribution in [2.75, 3.05) is 18.5 Å². The van der Waals surface area contributed by atoms with Gasteiger partial charge in [0.05, 0.1) is 0 Å². The largest absolute Gasteiger partial charge is 0.409 e. The van der Waals surface area contributed by atoms with Crippen molar-refractivity contribution in [3.63, 3.8) is 0 Å². The fourth-order valence-corrected chi connectivity index (χ4v) is 3.76. The highest BCUT2D eigenvalue weighted by atomic mass is 16.4. The Hall–Kier alpha value is -1.85. The van der Waals surface area contributed by atoms with Gasteiger partial charge in [-0.2, -0.15) is 0 Å². The molecule has 1 heterocycles. The zero-order valence-electron chi connectivity index (χ0n) is 11.7. The quantitative estimate of drug-likeness (QED) is 0.376. The Kier molecular flexibility index (Phi) is 3.46. The highest BCUT2D eigenvalue weighted by molar-refractivity contribution is 5.95. The van der Waals surface area contributed by atoms with Gasteiger partial charge in [0.2, 0.25) is 5.95 Å². The van der Waals surface area contributed by atoms with Gasteiger partial charge in [0.1, 0.15) is 5.69 Å². The van der Waals surface area contributed by atoms with Crippen LogP contribution in [0.3, 0.4) is 0 Å². The molecule has 2 bridgehead atoms. The van der Waals surface area contributed by atoms with E-state index in [-0.39, 0.29) is 5.84 Å². The van der Waals surface area contributed by atoms with Crippen molar-refractivity contribution >= 4 is 11.8 Å². The summed E-state index contributed by atoms with van der Waals surface area (Å²) in [5.74, 6) is 3.24. The van der Waals surface area contributed by atoms with Gasteiger partial charge in [0.15, 0.2) is 5.84 Å². The molecule has 2 aliphatic carbocycles. The molecular weight excluding hydrogens is 254 g/mol. The maximum absolute atomic E-state index is 8.71. The normalized spacial score (nSPS) is 28.9. The molecule has 2 fully saturated rings. The van der Waals surface area contributed by atoms with Crippen molar-refractivity contribution in [1.29, 1.82) is 0 Å². The van der Waals surface area contributed by atoms with Gasteiger partial charge in [-0.3, -0.25) is 0 Å². The van der Waals surface area contributed by atoms with Crippen LogP contribution in [0.4, 0.5) is 5.95 Å². The third-order valence-electron chi connectivity index (χ3n) is 4.75. The van der Waals surface area contributed by atoms with E-state index in [4.69, 9.17) is 10.9 Å². The van der Waals surface area contributed by atoms with Gasteiger partial charge >= 0.3 is 0 Å². The molecule has 20 heavy (non-hydrogen) atoms. The molecule has 6 nitrogen and oxygen atoms in total. The highest BCUT2D eigenvalue weighted by Gasteiger charge is 2.39. The van der Waals surface area contributed by atoms with E-state index in [9.17, 15) is 0 Å². The van der Waals surface area contributed by atoms with Crippen LogP contribution in [-0.4, -0.2) is 34.6 Å². The first-order valence-corrected chi connectivity index (χ1v) is 7.19. The number of hydrogen-bond donors (Lipinski definition) is 2. The molecule has 0 radical (unpaired) electrons. The number of aromatic nitrogens is 2. The van der Waals surface area contributed by atoms with Crippen molar-refractivity contribution in [2.45, 2.75) is 25.7 Å². The Morgan fingerprint density at radius 3 is 3.00 bits per heavy atom. The summed E-state index contributed by atoms with van der Waals surface area (Å²) in [7, 11) is 2.01. The predicted octanol–water partition coefficient (Wildman–Crippen LogP) is 1.44. The minimum absolute atomic E-state index is 0.0157. The second-order valence-corrected chi connectivity index (χ2v) is 6.04. The maximum atomic E-state index is 8.71. The zero-order chi connectivity index (χ0) is 14.1. The summed E-state index contributed by atoms with van der Waals surface area (Å²) in [5, 5.41) is 11.7. The lowest BCUT2D eigenvalue weighted by molar-refractivity contribution is 0.318. The third kappa shape index (κ3) is 2.42. The fraction of sp³-hybridized carbons (Fsp3) is 0.643. The van der Waals surface area contributed by atoms with Gasteiger partial charge < -0.3 is 15.8 Å². The molecule has 3 N–H and O–H groups in total. The molecule has 3 atom stereocenters. The number of rotatable bonds is 4.